The van der Waals surface area contributed by atoms with Gasteiger partial charge in [-0.3, -0.25) is 9.78 Å². The number of morpholine rings is 1. The van der Waals surface area contributed by atoms with Crippen LogP contribution in [0.4, 0.5) is 5.69 Å². The molecule has 1 aliphatic rings. The van der Waals surface area contributed by atoms with E-state index in [1.807, 2.05) is 32.3 Å². The van der Waals surface area contributed by atoms with Gasteiger partial charge in [-0.15, -0.1) is 0 Å². The van der Waals surface area contributed by atoms with Gasteiger partial charge in [0.2, 0.25) is 0 Å². The van der Waals surface area contributed by atoms with Crippen LogP contribution in [0.25, 0.3) is 11.1 Å². The zero-order valence-electron chi connectivity index (χ0n) is 13.3. The van der Waals surface area contributed by atoms with Gasteiger partial charge in [-0.05, 0) is 31.5 Å². The van der Waals surface area contributed by atoms with Crippen molar-refractivity contribution in [3.05, 3.63) is 46.1 Å². The van der Waals surface area contributed by atoms with Crippen molar-refractivity contribution in [2.24, 2.45) is 7.05 Å². The summed E-state index contributed by atoms with van der Waals surface area (Å²) in [7, 11) is 1.80. The van der Waals surface area contributed by atoms with E-state index in [0.29, 0.717) is 13.2 Å². The third kappa shape index (κ3) is 2.76. The van der Waals surface area contributed by atoms with E-state index in [1.54, 1.807) is 11.6 Å². The molecule has 1 saturated heterocycles. The smallest absolute Gasteiger partial charge is 0.273 e. The van der Waals surface area contributed by atoms with E-state index < -0.39 is 0 Å². The summed E-state index contributed by atoms with van der Waals surface area (Å²) in [6.07, 6.45) is 3.75. The molecule has 3 rings (SSSR count). The monoisotopic (exact) mass is 299 g/mol. The van der Waals surface area contributed by atoms with Crippen molar-refractivity contribution in [1.82, 2.24) is 9.55 Å². The van der Waals surface area contributed by atoms with Crippen LogP contribution in [-0.4, -0.2) is 35.9 Å². The summed E-state index contributed by atoms with van der Waals surface area (Å²) in [5, 5.41) is 0. The van der Waals surface area contributed by atoms with Crippen molar-refractivity contribution in [2.75, 3.05) is 31.2 Å². The Morgan fingerprint density at radius 1 is 1.18 bits per heavy atom. The van der Waals surface area contributed by atoms with E-state index in [0.717, 1.165) is 41.2 Å². The van der Waals surface area contributed by atoms with Crippen molar-refractivity contribution in [3.63, 3.8) is 0 Å². The lowest BCUT2D eigenvalue weighted by Crippen LogP contribution is -2.40. The van der Waals surface area contributed by atoms with Crippen LogP contribution in [-0.2, 0) is 11.8 Å². The molecule has 5 heteroatoms. The topological polar surface area (TPSA) is 47.4 Å². The number of nitrogens with zero attached hydrogens (tertiary/aromatic N) is 3. The first-order valence-electron chi connectivity index (χ1n) is 7.53. The first-order chi connectivity index (χ1) is 10.6. The Kier molecular flexibility index (Phi) is 3.98. The minimum Gasteiger partial charge on any atom is -0.378 e. The normalized spacial score (nSPS) is 15.1. The molecule has 0 aromatic carbocycles. The van der Waals surface area contributed by atoms with E-state index >= 15 is 0 Å². The number of ether oxygens (including phenoxy) is 1. The first-order valence-corrected chi connectivity index (χ1v) is 7.53. The van der Waals surface area contributed by atoms with Gasteiger partial charge in [0.1, 0.15) is 5.69 Å². The highest BCUT2D eigenvalue weighted by atomic mass is 16.5. The molecule has 0 saturated carbocycles. The predicted octanol–water partition coefficient (Wildman–Crippen LogP) is 1.90. The maximum atomic E-state index is 12.5. The van der Waals surface area contributed by atoms with Crippen LogP contribution in [0, 0.1) is 13.8 Å². The molecule has 0 N–H and O–H groups in total. The average Bonchev–Trinajstić information content (AvgIpc) is 2.53. The largest absolute Gasteiger partial charge is 0.378 e. The Morgan fingerprint density at radius 2 is 1.91 bits per heavy atom. The van der Waals surface area contributed by atoms with Crippen molar-refractivity contribution >= 4 is 5.69 Å². The number of pyridine rings is 2. The van der Waals surface area contributed by atoms with E-state index in [1.165, 1.54) is 0 Å². The molecular formula is C17H21N3O2. The summed E-state index contributed by atoms with van der Waals surface area (Å²) < 4.78 is 7.04. The fraction of sp³-hybridized carbons (Fsp3) is 0.412. The molecule has 2 aromatic heterocycles. The van der Waals surface area contributed by atoms with Crippen molar-refractivity contribution < 1.29 is 4.74 Å². The van der Waals surface area contributed by atoms with Crippen LogP contribution in [0.3, 0.4) is 0 Å². The molecule has 22 heavy (non-hydrogen) atoms. The summed E-state index contributed by atoms with van der Waals surface area (Å²) in [6.45, 7) is 6.86. The third-order valence-corrected chi connectivity index (χ3v) is 4.05. The van der Waals surface area contributed by atoms with Gasteiger partial charge in [0.15, 0.2) is 0 Å². The summed E-state index contributed by atoms with van der Waals surface area (Å²) in [5.41, 5.74) is 4.95. The van der Waals surface area contributed by atoms with E-state index in [4.69, 9.17) is 4.74 Å². The molecule has 2 aromatic rings. The molecular weight excluding hydrogens is 278 g/mol. The highest BCUT2D eigenvalue weighted by Gasteiger charge is 2.17. The van der Waals surface area contributed by atoms with E-state index in [9.17, 15) is 4.79 Å². The molecule has 0 unspecified atom stereocenters. The Hall–Kier alpha value is -2.14. The predicted molar refractivity (Wildman–Crippen MR) is 87.4 cm³/mol. The van der Waals surface area contributed by atoms with Gasteiger partial charge in [-0.2, -0.15) is 0 Å². The lowest BCUT2D eigenvalue weighted by atomic mass is 10.0. The molecule has 116 valence electrons. The minimum absolute atomic E-state index is 0.0314. The molecule has 0 amide bonds. The van der Waals surface area contributed by atoms with Gasteiger partial charge in [-0.25, -0.2) is 0 Å². The second-order valence-corrected chi connectivity index (χ2v) is 5.78. The van der Waals surface area contributed by atoms with Gasteiger partial charge in [0.25, 0.3) is 5.56 Å². The molecule has 5 nitrogen and oxygen atoms in total. The maximum absolute atomic E-state index is 12.5. The van der Waals surface area contributed by atoms with E-state index in [2.05, 4.69) is 16.0 Å². The third-order valence-electron chi connectivity index (χ3n) is 4.05. The van der Waals surface area contributed by atoms with Crippen molar-refractivity contribution in [1.29, 1.82) is 0 Å². The number of aryl methyl sites for hydroxylation is 3. The SMILES string of the molecule is Cc1cnc(C)c(-c2cc(N3CCOCC3)c(=O)n(C)c2)c1. The summed E-state index contributed by atoms with van der Waals surface area (Å²) in [6, 6.07) is 4.10. The molecule has 1 fully saturated rings. The summed E-state index contributed by atoms with van der Waals surface area (Å²) in [5.74, 6) is 0. The number of anilines is 1. The summed E-state index contributed by atoms with van der Waals surface area (Å²) >= 11 is 0. The lowest BCUT2D eigenvalue weighted by Gasteiger charge is -2.28. The molecule has 0 radical (unpaired) electrons. The molecule has 3 heterocycles. The molecule has 0 spiro atoms. The molecule has 0 atom stereocenters. The lowest BCUT2D eigenvalue weighted by molar-refractivity contribution is 0.122. The molecule has 0 bridgehead atoms. The van der Waals surface area contributed by atoms with E-state index in [-0.39, 0.29) is 5.56 Å². The molecule has 0 aliphatic carbocycles. The van der Waals surface area contributed by atoms with Crippen LogP contribution in [0.2, 0.25) is 0 Å². The fourth-order valence-electron chi connectivity index (χ4n) is 2.80. The van der Waals surface area contributed by atoms with Gasteiger partial charge in [-0.1, -0.05) is 0 Å². The standard InChI is InChI=1S/C17H21N3O2/c1-12-8-15(13(2)18-10-12)14-9-16(17(21)19(3)11-14)20-4-6-22-7-5-20/h8-11H,4-7H2,1-3H3. The average molecular weight is 299 g/mol. The summed E-state index contributed by atoms with van der Waals surface area (Å²) in [4.78, 5) is 19.0. The minimum atomic E-state index is 0.0314. The second-order valence-electron chi connectivity index (χ2n) is 5.78. The zero-order chi connectivity index (χ0) is 15.7. The number of aromatic nitrogens is 2. The Morgan fingerprint density at radius 3 is 2.64 bits per heavy atom. The van der Waals surface area contributed by atoms with Crippen LogP contribution < -0.4 is 10.5 Å². The van der Waals surface area contributed by atoms with Crippen LogP contribution in [0.15, 0.2) is 29.3 Å². The van der Waals surface area contributed by atoms with Crippen molar-refractivity contribution in [2.45, 2.75) is 13.8 Å². The first kappa shape index (κ1) is 14.8. The van der Waals surface area contributed by atoms with Gasteiger partial charge >= 0.3 is 0 Å². The van der Waals surface area contributed by atoms with Crippen molar-refractivity contribution in [3.8, 4) is 11.1 Å². The molecule has 1 aliphatic heterocycles. The van der Waals surface area contributed by atoms with Gasteiger partial charge < -0.3 is 14.2 Å². The van der Waals surface area contributed by atoms with Crippen LogP contribution >= 0.6 is 0 Å². The fourth-order valence-corrected chi connectivity index (χ4v) is 2.80. The Balaban J connectivity index is 2.11. The van der Waals surface area contributed by atoms with Gasteiger partial charge in [0.05, 0.1) is 13.2 Å². The number of rotatable bonds is 2. The van der Waals surface area contributed by atoms with Crippen LogP contribution in [0.5, 0.6) is 0 Å². The highest BCUT2D eigenvalue weighted by Crippen LogP contribution is 2.25. The Labute approximate surface area is 130 Å². The quantitative estimate of drug-likeness (QED) is 0.850. The zero-order valence-corrected chi connectivity index (χ0v) is 13.3. The van der Waals surface area contributed by atoms with Gasteiger partial charge in [0, 0.05) is 49.4 Å². The number of hydrogen-bond acceptors (Lipinski definition) is 4. The maximum Gasteiger partial charge on any atom is 0.273 e. The number of hydrogen-bond donors (Lipinski definition) is 0. The Bertz CT molecular complexity index is 746. The highest BCUT2D eigenvalue weighted by molar-refractivity contribution is 5.69. The van der Waals surface area contributed by atoms with Crippen LogP contribution in [0.1, 0.15) is 11.3 Å². The second kappa shape index (κ2) is 5.93.